The van der Waals surface area contributed by atoms with Crippen LogP contribution in [0.15, 0.2) is 88.7 Å². The Bertz CT molecular complexity index is 1120. The van der Waals surface area contributed by atoms with E-state index >= 15 is 0 Å². The summed E-state index contributed by atoms with van der Waals surface area (Å²) in [5.41, 5.74) is 3.01. The first kappa shape index (κ1) is 21.4. The van der Waals surface area contributed by atoms with Gasteiger partial charge in [0.1, 0.15) is 17.8 Å². The molecule has 7 nitrogen and oxygen atoms in total. The molecule has 0 spiro atoms. The molecular formula is C25H28N6O. The molecule has 4 aromatic rings. The average Bonchev–Trinajstić information content (AvgIpc) is 3.48. The van der Waals surface area contributed by atoms with Crippen LogP contribution in [0.2, 0.25) is 0 Å². The molecule has 4 rings (SSSR count). The quantitative estimate of drug-likeness (QED) is 0.312. The third-order valence-corrected chi connectivity index (χ3v) is 4.95. The van der Waals surface area contributed by atoms with Gasteiger partial charge in [0.2, 0.25) is 5.89 Å². The van der Waals surface area contributed by atoms with Crippen LogP contribution in [0.3, 0.4) is 0 Å². The van der Waals surface area contributed by atoms with Gasteiger partial charge in [-0.2, -0.15) is 0 Å². The van der Waals surface area contributed by atoms with E-state index in [2.05, 4.69) is 54.4 Å². The van der Waals surface area contributed by atoms with Gasteiger partial charge in [-0.3, -0.25) is 0 Å². The Labute approximate surface area is 188 Å². The number of aromatic nitrogens is 3. The highest BCUT2D eigenvalue weighted by molar-refractivity contribution is 5.79. The first-order chi connectivity index (χ1) is 15.8. The molecule has 0 fully saturated rings. The number of nitrogens with one attached hydrogen (secondary N) is 2. The molecule has 0 atom stereocenters. The summed E-state index contributed by atoms with van der Waals surface area (Å²) >= 11 is 0. The summed E-state index contributed by atoms with van der Waals surface area (Å²) in [5.74, 6) is 2.40. The van der Waals surface area contributed by atoms with E-state index in [9.17, 15) is 0 Å². The van der Waals surface area contributed by atoms with E-state index in [0.717, 1.165) is 49.1 Å². The lowest BCUT2D eigenvalue weighted by atomic mass is 10.2. The molecular weight excluding hydrogens is 400 g/mol. The molecule has 32 heavy (non-hydrogen) atoms. The Balaban J connectivity index is 1.32. The number of guanidine groups is 1. The zero-order valence-corrected chi connectivity index (χ0v) is 18.2. The highest BCUT2D eigenvalue weighted by Crippen LogP contribution is 2.18. The van der Waals surface area contributed by atoms with E-state index in [1.165, 1.54) is 5.56 Å². The minimum absolute atomic E-state index is 0.439. The Kier molecular flexibility index (Phi) is 7.31. The summed E-state index contributed by atoms with van der Waals surface area (Å²) in [6.45, 7) is 4.82. The van der Waals surface area contributed by atoms with E-state index in [1.807, 2.05) is 55.7 Å². The summed E-state index contributed by atoms with van der Waals surface area (Å²) in [7, 11) is 0. The van der Waals surface area contributed by atoms with Gasteiger partial charge in [-0.25, -0.2) is 15.0 Å². The Morgan fingerprint density at radius 2 is 1.81 bits per heavy atom. The van der Waals surface area contributed by atoms with Crippen molar-refractivity contribution in [1.82, 2.24) is 25.2 Å². The molecule has 0 aliphatic carbocycles. The largest absolute Gasteiger partial charge is 0.444 e. The molecule has 2 aromatic carbocycles. The van der Waals surface area contributed by atoms with Crippen molar-refractivity contribution in [2.24, 2.45) is 4.99 Å². The number of nitrogens with zero attached hydrogens (tertiary/aromatic N) is 4. The van der Waals surface area contributed by atoms with Crippen LogP contribution in [0.1, 0.15) is 24.0 Å². The topological polar surface area (TPSA) is 80.3 Å². The summed E-state index contributed by atoms with van der Waals surface area (Å²) in [5, 5.41) is 6.67. The third-order valence-electron chi connectivity index (χ3n) is 4.95. The lowest BCUT2D eigenvalue weighted by Gasteiger charge is -2.12. The van der Waals surface area contributed by atoms with Crippen LogP contribution in [-0.2, 0) is 19.5 Å². The van der Waals surface area contributed by atoms with Gasteiger partial charge in [0, 0.05) is 44.0 Å². The van der Waals surface area contributed by atoms with Crippen molar-refractivity contribution in [1.29, 1.82) is 0 Å². The molecule has 164 valence electrons. The van der Waals surface area contributed by atoms with Crippen LogP contribution in [0, 0.1) is 0 Å². The second kappa shape index (κ2) is 10.9. The number of benzene rings is 2. The fourth-order valence-corrected chi connectivity index (χ4v) is 3.38. The molecule has 2 heterocycles. The monoisotopic (exact) mass is 428 g/mol. The molecule has 0 bridgehead atoms. The molecule has 0 radical (unpaired) electrons. The molecule has 0 saturated carbocycles. The predicted octanol–water partition coefficient (Wildman–Crippen LogP) is 3.88. The average molecular weight is 429 g/mol. The van der Waals surface area contributed by atoms with Crippen LogP contribution < -0.4 is 10.6 Å². The van der Waals surface area contributed by atoms with Gasteiger partial charge in [0.05, 0.1) is 6.54 Å². The Morgan fingerprint density at radius 3 is 2.59 bits per heavy atom. The normalized spacial score (nSPS) is 11.5. The highest BCUT2D eigenvalue weighted by Gasteiger charge is 2.07. The highest BCUT2D eigenvalue weighted by atomic mass is 16.3. The van der Waals surface area contributed by atoms with E-state index in [1.54, 1.807) is 6.26 Å². The summed E-state index contributed by atoms with van der Waals surface area (Å²) < 4.78 is 7.78. The van der Waals surface area contributed by atoms with Crippen LogP contribution in [0.4, 0.5) is 0 Å². The maximum absolute atomic E-state index is 5.60. The van der Waals surface area contributed by atoms with Crippen LogP contribution in [0.25, 0.3) is 11.5 Å². The van der Waals surface area contributed by atoms with E-state index in [0.29, 0.717) is 12.4 Å². The third kappa shape index (κ3) is 5.85. The lowest BCUT2D eigenvalue weighted by Crippen LogP contribution is -2.38. The minimum Gasteiger partial charge on any atom is -0.444 e. The SMILES string of the molecule is CCNC(=NCc1coc(-c2ccccc2)n1)NCCc1nccn1Cc1ccccc1. The van der Waals surface area contributed by atoms with E-state index in [4.69, 9.17) is 4.42 Å². The van der Waals surface area contributed by atoms with Crippen molar-refractivity contribution in [2.75, 3.05) is 13.1 Å². The molecule has 0 amide bonds. The molecule has 7 heteroatoms. The van der Waals surface area contributed by atoms with Crippen LogP contribution in [0.5, 0.6) is 0 Å². The fraction of sp³-hybridized carbons (Fsp3) is 0.240. The van der Waals surface area contributed by atoms with Gasteiger partial charge in [0.15, 0.2) is 5.96 Å². The minimum atomic E-state index is 0.439. The van der Waals surface area contributed by atoms with Gasteiger partial charge >= 0.3 is 0 Å². The van der Waals surface area contributed by atoms with Gasteiger partial charge in [0.25, 0.3) is 0 Å². The van der Waals surface area contributed by atoms with Crippen molar-refractivity contribution in [3.05, 3.63) is 96.4 Å². The standard InChI is InChI=1S/C25H28N6O/c1-2-26-25(29-17-22-19-32-24(30-22)21-11-7-4-8-12-21)28-14-13-23-27-15-16-31(23)18-20-9-5-3-6-10-20/h3-12,15-16,19H,2,13-14,17-18H2,1H3,(H2,26,28,29). The zero-order chi connectivity index (χ0) is 22.0. The maximum Gasteiger partial charge on any atom is 0.226 e. The Hall–Kier alpha value is -3.87. The fourth-order valence-electron chi connectivity index (χ4n) is 3.38. The number of aliphatic imine (C=N–C) groups is 1. The van der Waals surface area contributed by atoms with Crippen molar-refractivity contribution in [2.45, 2.75) is 26.4 Å². The van der Waals surface area contributed by atoms with E-state index < -0.39 is 0 Å². The molecule has 0 saturated heterocycles. The first-order valence-corrected chi connectivity index (χ1v) is 10.9. The van der Waals surface area contributed by atoms with Crippen LogP contribution >= 0.6 is 0 Å². The zero-order valence-electron chi connectivity index (χ0n) is 18.2. The first-order valence-electron chi connectivity index (χ1n) is 10.9. The van der Waals surface area contributed by atoms with Crippen molar-refractivity contribution < 1.29 is 4.42 Å². The second-order valence-electron chi connectivity index (χ2n) is 7.34. The molecule has 2 N–H and O–H groups in total. The van der Waals surface area contributed by atoms with Gasteiger partial charge < -0.3 is 19.6 Å². The van der Waals surface area contributed by atoms with Crippen molar-refractivity contribution in [3.8, 4) is 11.5 Å². The summed E-state index contributed by atoms with van der Waals surface area (Å²) in [4.78, 5) is 13.7. The van der Waals surface area contributed by atoms with E-state index in [-0.39, 0.29) is 0 Å². The summed E-state index contributed by atoms with van der Waals surface area (Å²) in [6.07, 6.45) is 6.34. The number of hydrogen-bond acceptors (Lipinski definition) is 4. The molecule has 0 aliphatic rings. The van der Waals surface area contributed by atoms with Gasteiger partial charge in [-0.15, -0.1) is 0 Å². The maximum atomic E-state index is 5.60. The van der Waals surface area contributed by atoms with Crippen LogP contribution in [-0.4, -0.2) is 33.6 Å². The smallest absolute Gasteiger partial charge is 0.226 e. The van der Waals surface area contributed by atoms with Crippen molar-refractivity contribution >= 4 is 5.96 Å². The second-order valence-corrected chi connectivity index (χ2v) is 7.34. The number of hydrogen-bond donors (Lipinski definition) is 2. The number of imidazole rings is 1. The van der Waals surface area contributed by atoms with Gasteiger partial charge in [-0.1, -0.05) is 48.5 Å². The van der Waals surface area contributed by atoms with Crippen molar-refractivity contribution in [3.63, 3.8) is 0 Å². The molecule has 0 aliphatic heterocycles. The molecule has 0 unspecified atom stereocenters. The molecule has 2 aromatic heterocycles. The number of oxazole rings is 1. The Morgan fingerprint density at radius 1 is 1.03 bits per heavy atom. The summed E-state index contributed by atoms with van der Waals surface area (Å²) in [6, 6.07) is 20.3. The lowest BCUT2D eigenvalue weighted by molar-refractivity contribution is 0.572. The predicted molar refractivity (Wildman–Crippen MR) is 126 cm³/mol. The number of rotatable bonds is 9. The van der Waals surface area contributed by atoms with Gasteiger partial charge in [-0.05, 0) is 24.6 Å².